The average molecular weight is 214 g/mol. The minimum Gasteiger partial charge on any atom is -0.340 e. The van der Waals surface area contributed by atoms with Gasteiger partial charge in [-0.1, -0.05) is 18.5 Å². The number of aromatic nitrogens is 2. The summed E-state index contributed by atoms with van der Waals surface area (Å²) in [5.74, 6) is -0.129. The van der Waals surface area contributed by atoms with Crippen molar-refractivity contribution in [2.45, 2.75) is 13.3 Å². The van der Waals surface area contributed by atoms with Gasteiger partial charge in [0, 0.05) is 13.6 Å². The Labute approximate surface area is 87.9 Å². The first kappa shape index (κ1) is 10.9. The fraction of sp³-hybridized carbons (Fsp3) is 0.444. The molecule has 1 rings (SSSR count). The van der Waals surface area contributed by atoms with E-state index in [9.17, 15) is 4.79 Å². The van der Waals surface area contributed by atoms with Crippen molar-refractivity contribution < 1.29 is 4.79 Å². The van der Waals surface area contributed by atoms with Crippen LogP contribution in [-0.4, -0.2) is 34.4 Å². The summed E-state index contributed by atoms with van der Waals surface area (Å²) in [5.41, 5.74) is 0.324. The van der Waals surface area contributed by atoms with Crippen molar-refractivity contribution >= 4 is 17.5 Å². The lowest BCUT2D eigenvalue weighted by atomic mass is 10.3. The molecule has 0 aliphatic heterocycles. The van der Waals surface area contributed by atoms with E-state index in [1.165, 1.54) is 12.4 Å². The Bertz CT molecular complexity index is 312. The van der Waals surface area contributed by atoms with Crippen LogP contribution in [0.5, 0.6) is 0 Å². The molecule has 0 radical (unpaired) electrons. The number of hydrogen-bond donors (Lipinski definition) is 0. The van der Waals surface area contributed by atoms with E-state index < -0.39 is 0 Å². The fourth-order valence-electron chi connectivity index (χ4n) is 1.06. The van der Waals surface area contributed by atoms with Crippen LogP contribution >= 0.6 is 11.6 Å². The van der Waals surface area contributed by atoms with E-state index in [0.29, 0.717) is 17.4 Å². The highest BCUT2D eigenvalue weighted by molar-refractivity contribution is 6.29. The Morgan fingerprint density at radius 2 is 2.21 bits per heavy atom. The van der Waals surface area contributed by atoms with Gasteiger partial charge in [-0.05, 0) is 6.42 Å². The Kier molecular flexibility index (Phi) is 3.83. The molecule has 0 N–H and O–H groups in total. The van der Waals surface area contributed by atoms with E-state index in [0.717, 1.165) is 6.42 Å². The van der Waals surface area contributed by atoms with Crippen molar-refractivity contribution in [2.24, 2.45) is 0 Å². The van der Waals surface area contributed by atoms with Gasteiger partial charge in [-0.25, -0.2) is 9.97 Å². The molecule has 0 saturated carbocycles. The molecule has 1 aromatic rings. The third kappa shape index (κ3) is 2.67. The maximum atomic E-state index is 11.6. The highest BCUT2D eigenvalue weighted by Gasteiger charge is 2.12. The lowest BCUT2D eigenvalue weighted by Crippen LogP contribution is -2.28. The van der Waals surface area contributed by atoms with Crippen LogP contribution in [0.15, 0.2) is 12.4 Å². The SMILES string of the molecule is CCCN(C)C(=O)c1cnc(Cl)cn1. The van der Waals surface area contributed by atoms with Crippen molar-refractivity contribution in [3.63, 3.8) is 0 Å². The third-order valence-corrected chi connectivity index (χ3v) is 1.94. The van der Waals surface area contributed by atoms with Crippen molar-refractivity contribution in [3.8, 4) is 0 Å². The van der Waals surface area contributed by atoms with Gasteiger partial charge in [-0.15, -0.1) is 0 Å². The van der Waals surface area contributed by atoms with Crippen LogP contribution in [0.2, 0.25) is 5.15 Å². The molecule has 0 fully saturated rings. The Morgan fingerprint density at radius 1 is 1.50 bits per heavy atom. The number of nitrogens with zero attached hydrogens (tertiary/aromatic N) is 3. The number of halogens is 1. The van der Waals surface area contributed by atoms with Gasteiger partial charge in [-0.3, -0.25) is 4.79 Å². The van der Waals surface area contributed by atoms with Gasteiger partial charge in [-0.2, -0.15) is 0 Å². The summed E-state index contributed by atoms with van der Waals surface area (Å²) in [6.07, 6.45) is 3.68. The molecule has 0 aliphatic rings. The van der Waals surface area contributed by atoms with Gasteiger partial charge < -0.3 is 4.90 Å². The molecule has 5 heteroatoms. The van der Waals surface area contributed by atoms with Crippen molar-refractivity contribution in [2.75, 3.05) is 13.6 Å². The largest absolute Gasteiger partial charge is 0.340 e. The molecule has 76 valence electrons. The van der Waals surface area contributed by atoms with Crippen molar-refractivity contribution in [1.29, 1.82) is 0 Å². The maximum absolute atomic E-state index is 11.6. The quantitative estimate of drug-likeness (QED) is 0.767. The predicted octanol–water partition coefficient (Wildman–Crippen LogP) is 1.61. The monoisotopic (exact) mass is 213 g/mol. The summed E-state index contributed by atoms with van der Waals surface area (Å²) in [7, 11) is 1.74. The molecule has 0 spiro atoms. The molecule has 0 atom stereocenters. The van der Waals surface area contributed by atoms with Crippen LogP contribution in [0.3, 0.4) is 0 Å². The highest BCUT2D eigenvalue weighted by Crippen LogP contribution is 2.03. The zero-order chi connectivity index (χ0) is 10.6. The molecule has 0 aliphatic carbocycles. The lowest BCUT2D eigenvalue weighted by molar-refractivity contribution is 0.0789. The summed E-state index contributed by atoms with van der Waals surface area (Å²) < 4.78 is 0. The minimum atomic E-state index is -0.129. The molecule has 0 saturated heterocycles. The van der Waals surface area contributed by atoms with E-state index in [2.05, 4.69) is 9.97 Å². The third-order valence-electron chi connectivity index (χ3n) is 1.75. The van der Waals surface area contributed by atoms with Gasteiger partial charge in [0.2, 0.25) is 0 Å². The van der Waals surface area contributed by atoms with Crippen LogP contribution in [-0.2, 0) is 0 Å². The molecule has 0 aromatic carbocycles. The second-order valence-corrected chi connectivity index (χ2v) is 3.34. The lowest BCUT2D eigenvalue weighted by Gasteiger charge is -2.14. The van der Waals surface area contributed by atoms with Gasteiger partial charge >= 0.3 is 0 Å². The summed E-state index contributed by atoms with van der Waals surface area (Å²) in [6.45, 7) is 2.72. The van der Waals surface area contributed by atoms with E-state index in [1.807, 2.05) is 6.92 Å². The van der Waals surface area contributed by atoms with Crippen LogP contribution < -0.4 is 0 Å². The number of carbonyl (C=O) groups excluding carboxylic acids is 1. The standard InChI is InChI=1S/C9H12ClN3O/c1-3-4-13(2)9(14)7-5-12-8(10)6-11-7/h5-6H,3-4H2,1-2H3. The van der Waals surface area contributed by atoms with Gasteiger partial charge in [0.25, 0.3) is 5.91 Å². The number of hydrogen-bond acceptors (Lipinski definition) is 3. The topological polar surface area (TPSA) is 46.1 Å². The summed E-state index contributed by atoms with van der Waals surface area (Å²) in [4.78, 5) is 20.9. The first-order valence-corrected chi connectivity index (χ1v) is 4.76. The first-order valence-electron chi connectivity index (χ1n) is 4.38. The summed E-state index contributed by atoms with van der Waals surface area (Å²) >= 11 is 5.56. The van der Waals surface area contributed by atoms with E-state index in [1.54, 1.807) is 11.9 Å². The zero-order valence-electron chi connectivity index (χ0n) is 8.20. The van der Waals surface area contributed by atoms with Crippen molar-refractivity contribution in [1.82, 2.24) is 14.9 Å². The molecule has 1 aromatic heterocycles. The van der Waals surface area contributed by atoms with Crippen molar-refractivity contribution in [3.05, 3.63) is 23.2 Å². The molecular weight excluding hydrogens is 202 g/mol. The van der Waals surface area contributed by atoms with Crippen LogP contribution in [0.4, 0.5) is 0 Å². The number of rotatable bonds is 3. The summed E-state index contributed by atoms with van der Waals surface area (Å²) in [6, 6.07) is 0. The number of amides is 1. The van der Waals surface area contributed by atoms with Gasteiger partial charge in [0.1, 0.15) is 10.8 Å². The minimum absolute atomic E-state index is 0.129. The molecule has 0 unspecified atom stereocenters. The van der Waals surface area contributed by atoms with E-state index in [-0.39, 0.29) is 5.91 Å². The van der Waals surface area contributed by atoms with Crippen LogP contribution in [0.1, 0.15) is 23.8 Å². The normalized spacial score (nSPS) is 9.93. The van der Waals surface area contributed by atoms with Crippen LogP contribution in [0.25, 0.3) is 0 Å². The average Bonchev–Trinajstić information content (AvgIpc) is 2.18. The Hall–Kier alpha value is -1.16. The molecule has 4 nitrogen and oxygen atoms in total. The fourth-order valence-corrected chi connectivity index (χ4v) is 1.15. The zero-order valence-corrected chi connectivity index (χ0v) is 8.95. The maximum Gasteiger partial charge on any atom is 0.273 e. The Morgan fingerprint density at radius 3 is 2.71 bits per heavy atom. The van der Waals surface area contributed by atoms with E-state index >= 15 is 0 Å². The summed E-state index contributed by atoms with van der Waals surface area (Å²) in [5, 5.41) is 0.291. The molecule has 0 bridgehead atoms. The highest BCUT2D eigenvalue weighted by atomic mass is 35.5. The van der Waals surface area contributed by atoms with Crippen LogP contribution in [0, 0.1) is 0 Å². The van der Waals surface area contributed by atoms with Gasteiger partial charge in [0.15, 0.2) is 0 Å². The first-order chi connectivity index (χ1) is 6.65. The predicted molar refractivity (Wildman–Crippen MR) is 54.3 cm³/mol. The van der Waals surface area contributed by atoms with Gasteiger partial charge in [0.05, 0.1) is 12.4 Å². The molecule has 1 heterocycles. The molecule has 14 heavy (non-hydrogen) atoms. The Balaban J connectivity index is 2.74. The smallest absolute Gasteiger partial charge is 0.273 e. The molecule has 1 amide bonds. The van der Waals surface area contributed by atoms with E-state index in [4.69, 9.17) is 11.6 Å². The second-order valence-electron chi connectivity index (χ2n) is 2.95. The second kappa shape index (κ2) is 4.91. The number of carbonyl (C=O) groups is 1. The molecular formula is C9H12ClN3O.